The van der Waals surface area contributed by atoms with Crippen LogP contribution in [0.2, 0.25) is 0 Å². The summed E-state index contributed by atoms with van der Waals surface area (Å²) in [4.78, 5) is 15.1. The lowest BCUT2D eigenvalue weighted by Crippen LogP contribution is -2.36. The summed E-state index contributed by atoms with van der Waals surface area (Å²) in [6.07, 6.45) is 0. The maximum atomic E-state index is 14.9. The number of nitrogens with one attached hydrogen (secondary N) is 1. The molecular weight excluding hydrogens is 443 g/mol. The van der Waals surface area contributed by atoms with Gasteiger partial charge < -0.3 is 15.0 Å². The van der Waals surface area contributed by atoms with Gasteiger partial charge in [0.2, 0.25) is 0 Å². The fourth-order valence-electron chi connectivity index (χ4n) is 4.04. The van der Waals surface area contributed by atoms with Crippen LogP contribution < -0.4 is 10.2 Å². The third-order valence-corrected chi connectivity index (χ3v) is 6.02. The molecule has 2 heterocycles. The van der Waals surface area contributed by atoms with E-state index in [4.69, 9.17) is 4.74 Å². The molecule has 1 aliphatic heterocycles. The van der Waals surface area contributed by atoms with Crippen LogP contribution in [0.5, 0.6) is 0 Å². The van der Waals surface area contributed by atoms with Gasteiger partial charge in [-0.3, -0.25) is 4.79 Å². The second-order valence-corrected chi connectivity index (χ2v) is 8.82. The molecule has 35 heavy (non-hydrogen) atoms. The van der Waals surface area contributed by atoms with E-state index in [1.54, 1.807) is 19.1 Å². The number of amides is 1. The molecule has 0 aliphatic carbocycles. The van der Waals surface area contributed by atoms with Crippen molar-refractivity contribution in [1.82, 2.24) is 10.2 Å². The molecule has 1 fully saturated rings. The lowest BCUT2D eigenvalue weighted by molar-refractivity contribution is 0.102. The van der Waals surface area contributed by atoms with E-state index in [9.17, 15) is 9.18 Å². The molecule has 0 bridgehead atoms. The first-order valence-electron chi connectivity index (χ1n) is 11.7. The van der Waals surface area contributed by atoms with Crippen LogP contribution in [0.4, 0.5) is 15.8 Å². The van der Waals surface area contributed by atoms with Crippen LogP contribution in [0.1, 0.15) is 53.9 Å². The molecule has 1 aromatic heterocycles. The molecule has 180 valence electrons. The Morgan fingerprint density at radius 1 is 1.14 bits per heavy atom. The van der Waals surface area contributed by atoms with Crippen molar-refractivity contribution in [2.24, 2.45) is 0 Å². The Morgan fingerprint density at radius 2 is 1.91 bits per heavy atom. The van der Waals surface area contributed by atoms with Gasteiger partial charge in [-0.2, -0.15) is 0 Å². The Hall–Kier alpha value is -3.76. The Balaban J connectivity index is 1.69. The van der Waals surface area contributed by atoms with Crippen LogP contribution in [0.25, 0.3) is 11.3 Å². The molecule has 1 saturated heterocycles. The minimum absolute atomic E-state index is 0.0951. The molecule has 2 aromatic carbocycles. The third-order valence-electron chi connectivity index (χ3n) is 6.02. The normalized spacial score (nSPS) is 13.4. The van der Waals surface area contributed by atoms with Gasteiger partial charge in [0, 0.05) is 24.2 Å². The van der Waals surface area contributed by atoms with Crippen LogP contribution in [-0.2, 0) is 4.74 Å². The molecule has 3 aromatic rings. The van der Waals surface area contributed by atoms with E-state index in [0.717, 1.165) is 24.3 Å². The molecule has 0 radical (unpaired) electrons. The number of carbonyl (C=O) groups excluding carboxylic acids is 1. The first-order valence-corrected chi connectivity index (χ1v) is 11.7. The van der Waals surface area contributed by atoms with E-state index >= 15 is 0 Å². The fourth-order valence-corrected chi connectivity index (χ4v) is 4.04. The standard InChI is InChI=1S/C28H29FN4O2/c1-5-7-24-27(33-10-12-35-13-11-33)17-25(32-31-24)22-16-26(23(29)14-19(22)4)30-28(34)21-9-6-8-20(15-21)18(2)3/h6,8-9,14-18H,10-13H2,1-4H3,(H,30,34). The number of hydrogen-bond donors (Lipinski definition) is 1. The average molecular weight is 473 g/mol. The van der Waals surface area contributed by atoms with E-state index in [1.807, 2.05) is 31.2 Å². The van der Waals surface area contributed by atoms with Gasteiger partial charge in [0.15, 0.2) is 5.69 Å². The first kappa shape index (κ1) is 24.4. The van der Waals surface area contributed by atoms with E-state index in [1.165, 1.54) is 6.07 Å². The Morgan fingerprint density at radius 3 is 2.63 bits per heavy atom. The summed E-state index contributed by atoms with van der Waals surface area (Å²) in [5.74, 6) is 5.32. The number of nitrogens with zero attached hydrogens (tertiary/aromatic N) is 3. The summed E-state index contributed by atoms with van der Waals surface area (Å²) in [6.45, 7) is 10.4. The molecule has 4 rings (SSSR count). The van der Waals surface area contributed by atoms with Gasteiger partial charge in [-0.1, -0.05) is 31.9 Å². The molecule has 0 saturated carbocycles. The maximum Gasteiger partial charge on any atom is 0.255 e. The summed E-state index contributed by atoms with van der Waals surface area (Å²) < 4.78 is 20.4. The van der Waals surface area contributed by atoms with Crippen LogP contribution in [0, 0.1) is 24.6 Å². The SMILES string of the molecule is CC#Cc1nnc(-c2cc(NC(=O)c3cccc(C(C)C)c3)c(F)cc2C)cc1N1CCOCC1. The number of hydrogen-bond acceptors (Lipinski definition) is 5. The van der Waals surface area contributed by atoms with Crippen molar-refractivity contribution in [3.05, 3.63) is 70.7 Å². The second kappa shape index (κ2) is 10.7. The van der Waals surface area contributed by atoms with Crippen molar-refractivity contribution >= 4 is 17.3 Å². The highest BCUT2D eigenvalue weighted by Crippen LogP contribution is 2.31. The van der Waals surface area contributed by atoms with Crippen LogP contribution in [0.3, 0.4) is 0 Å². The topological polar surface area (TPSA) is 67.4 Å². The molecule has 6 nitrogen and oxygen atoms in total. The van der Waals surface area contributed by atoms with Crippen molar-refractivity contribution in [3.8, 4) is 23.1 Å². The van der Waals surface area contributed by atoms with Gasteiger partial charge in [-0.25, -0.2) is 4.39 Å². The Labute approximate surface area is 205 Å². The predicted octanol–water partition coefficient (Wildman–Crippen LogP) is 5.17. The van der Waals surface area contributed by atoms with Gasteiger partial charge in [0.05, 0.1) is 30.3 Å². The lowest BCUT2D eigenvalue weighted by Gasteiger charge is -2.29. The number of aryl methyl sites for hydroxylation is 1. The minimum Gasteiger partial charge on any atom is -0.378 e. The first-order chi connectivity index (χ1) is 16.9. The average Bonchev–Trinajstić information content (AvgIpc) is 2.86. The van der Waals surface area contributed by atoms with Crippen LogP contribution in [-0.4, -0.2) is 42.4 Å². The zero-order valence-corrected chi connectivity index (χ0v) is 20.5. The predicted molar refractivity (Wildman–Crippen MR) is 136 cm³/mol. The van der Waals surface area contributed by atoms with Gasteiger partial charge in [0.25, 0.3) is 5.91 Å². The molecule has 0 atom stereocenters. The summed E-state index contributed by atoms with van der Waals surface area (Å²) in [7, 11) is 0. The van der Waals surface area contributed by atoms with Gasteiger partial charge in [-0.05, 0) is 67.1 Å². The van der Waals surface area contributed by atoms with Crippen molar-refractivity contribution in [2.75, 3.05) is 36.5 Å². The summed E-state index contributed by atoms with van der Waals surface area (Å²) in [5.41, 5.74) is 5.05. The van der Waals surface area contributed by atoms with Crippen LogP contribution >= 0.6 is 0 Å². The summed E-state index contributed by atoms with van der Waals surface area (Å²) in [6, 6.07) is 12.3. The second-order valence-electron chi connectivity index (χ2n) is 8.82. The van der Waals surface area contributed by atoms with E-state index in [-0.39, 0.29) is 17.5 Å². The number of benzene rings is 2. The zero-order chi connectivity index (χ0) is 24.9. The number of rotatable bonds is 5. The highest BCUT2D eigenvalue weighted by atomic mass is 19.1. The van der Waals surface area contributed by atoms with Crippen molar-refractivity contribution in [3.63, 3.8) is 0 Å². The largest absolute Gasteiger partial charge is 0.378 e. The van der Waals surface area contributed by atoms with Crippen molar-refractivity contribution in [1.29, 1.82) is 0 Å². The molecule has 0 spiro atoms. The number of ether oxygens (including phenoxy) is 1. The van der Waals surface area contributed by atoms with Crippen LogP contribution in [0.15, 0.2) is 42.5 Å². The molecule has 0 unspecified atom stereocenters. The minimum atomic E-state index is -0.505. The molecule has 7 heteroatoms. The van der Waals surface area contributed by atoms with E-state index in [0.29, 0.717) is 41.3 Å². The van der Waals surface area contributed by atoms with Gasteiger partial charge >= 0.3 is 0 Å². The molecular formula is C28H29FN4O2. The van der Waals surface area contributed by atoms with Crippen molar-refractivity contribution < 1.29 is 13.9 Å². The smallest absolute Gasteiger partial charge is 0.255 e. The fraction of sp³-hybridized carbons (Fsp3) is 0.321. The van der Waals surface area contributed by atoms with Gasteiger partial charge in [-0.15, -0.1) is 10.2 Å². The lowest BCUT2D eigenvalue weighted by atomic mass is 10.0. The maximum absolute atomic E-state index is 14.9. The highest BCUT2D eigenvalue weighted by molar-refractivity contribution is 6.04. The number of halogens is 1. The third kappa shape index (κ3) is 5.50. The summed E-state index contributed by atoms with van der Waals surface area (Å²) in [5, 5.41) is 11.5. The van der Waals surface area contributed by atoms with Crippen molar-refractivity contribution in [2.45, 2.75) is 33.6 Å². The van der Waals surface area contributed by atoms with E-state index in [2.05, 4.69) is 46.1 Å². The zero-order valence-electron chi connectivity index (χ0n) is 20.5. The highest BCUT2D eigenvalue weighted by Gasteiger charge is 2.19. The molecule has 1 aliphatic rings. The number of carbonyl (C=O) groups is 1. The number of anilines is 2. The molecule has 1 amide bonds. The summed E-state index contributed by atoms with van der Waals surface area (Å²) >= 11 is 0. The quantitative estimate of drug-likeness (QED) is 0.519. The van der Waals surface area contributed by atoms with Gasteiger partial charge in [0.1, 0.15) is 5.82 Å². The molecule has 1 N–H and O–H groups in total. The number of aromatic nitrogens is 2. The number of morpholine rings is 1. The Bertz CT molecular complexity index is 1300. The van der Waals surface area contributed by atoms with E-state index < -0.39 is 5.82 Å². The Kier molecular flexibility index (Phi) is 7.42. The monoisotopic (exact) mass is 472 g/mol.